The quantitative estimate of drug-likeness (QED) is 0.360. The average molecular weight is 455 g/mol. The molecule has 1 fully saturated rings. The number of piperazine rings is 1. The summed E-state index contributed by atoms with van der Waals surface area (Å²) in [5, 5.41) is 13.0. The molecule has 0 amide bonds. The van der Waals surface area contributed by atoms with E-state index in [-0.39, 0.29) is 0 Å². The van der Waals surface area contributed by atoms with E-state index in [1.807, 2.05) is 30.5 Å². The number of rotatable bonds is 4. The van der Waals surface area contributed by atoms with Crippen molar-refractivity contribution in [3.8, 4) is 5.69 Å². The molecule has 0 N–H and O–H groups in total. The Kier molecular flexibility index (Phi) is 5.17. The first-order valence-corrected chi connectivity index (χ1v) is 11.5. The Bertz CT molecular complexity index is 1440. The number of anilines is 1. The van der Waals surface area contributed by atoms with Crippen molar-refractivity contribution >= 4 is 39.1 Å². The Hall–Kier alpha value is -3.48. The molecule has 7 heteroatoms. The lowest BCUT2D eigenvalue weighted by molar-refractivity contribution is 0.246. The van der Waals surface area contributed by atoms with Gasteiger partial charge in [0.15, 0.2) is 0 Å². The molecule has 0 saturated carbocycles. The lowest BCUT2D eigenvalue weighted by Crippen LogP contribution is -2.46. The fraction of sp³-hybridized carbons (Fsp3) is 0.192. The second-order valence-corrected chi connectivity index (χ2v) is 8.77. The summed E-state index contributed by atoms with van der Waals surface area (Å²) in [5.41, 5.74) is 2.83. The summed E-state index contributed by atoms with van der Waals surface area (Å²) in [5.74, 6) is 1.08. The zero-order chi connectivity index (χ0) is 22.2. The van der Waals surface area contributed by atoms with E-state index in [1.54, 1.807) is 4.68 Å². The SMILES string of the molecule is Clc1ccccc1-n1cc(CN2CCN(c3nc4ccccc4c4ccccc34)CC2)nn1. The number of halogens is 1. The number of hydrogen-bond acceptors (Lipinski definition) is 5. The average Bonchev–Trinajstić information content (AvgIpc) is 3.32. The summed E-state index contributed by atoms with van der Waals surface area (Å²) >= 11 is 6.30. The summed E-state index contributed by atoms with van der Waals surface area (Å²) in [7, 11) is 0. The third-order valence-corrected chi connectivity index (χ3v) is 6.61. The summed E-state index contributed by atoms with van der Waals surface area (Å²) in [6, 6.07) is 24.6. The molecule has 164 valence electrons. The Morgan fingerprint density at radius 3 is 2.27 bits per heavy atom. The van der Waals surface area contributed by atoms with E-state index in [2.05, 4.69) is 68.6 Å². The van der Waals surface area contributed by atoms with E-state index in [0.29, 0.717) is 5.02 Å². The van der Waals surface area contributed by atoms with Crippen LogP contribution in [-0.4, -0.2) is 51.1 Å². The van der Waals surface area contributed by atoms with Gasteiger partial charge < -0.3 is 4.90 Å². The first-order valence-electron chi connectivity index (χ1n) is 11.2. The minimum atomic E-state index is 0.665. The highest BCUT2D eigenvalue weighted by molar-refractivity contribution is 6.32. The van der Waals surface area contributed by atoms with Crippen LogP contribution in [0.1, 0.15) is 5.69 Å². The van der Waals surface area contributed by atoms with Crippen LogP contribution in [0.15, 0.2) is 79.0 Å². The molecule has 0 unspecified atom stereocenters. The molecule has 0 atom stereocenters. The van der Waals surface area contributed by atoms with Gasteiger partial charge in [-0.2, -0.15) is 0 Å². The maximum absolute atomic E-state index is 6.30. The van der Waals surface area contributed by atoms with Crippen LogP contribution in [0.2, 0.25) is 5.02 Å². The molecule has 0 bridgehead atoms. The summed E-state index contributed by atoms with van der Waals surface area (Å²) in [6.07, 6.45) is 1.96. The summed E-state index contributed by atoms with van der Waals surface area (Å²) in [4.78, 5) is 9.88. The van der Waals surface area contributed by atoms with Crippen molar-refractivity contribution in [2.24, 2.45) is 0 Å². The van der Waals surface area contributed by atoms with Gasteiger partial charge in [-0.25, -0.2) is 9.67 Å². The van der Waals surface area contributed by atoms with Crippen molar-refractivity contribution in [1.82, 2.24) is 24.9 Å². The molecule has 0 radical (unpaired) electrons. The number of fused-ring (bicyclic) bond motifs is 3. The largest absolute Gasteiger partial charge is 0.354 e. The first kappa shape index (κ1) is 20.1. The Morgan fingerprint density at radius 1 is 0.758 bits per heavy atom. The molecule has 6 rings (SSSR count). The smallest absolute Gasteiger partial charge is 0.137 e. The van der Waals surface area contributed by atoms with Crippen molar-refractivity contribution < 1.29 is 0 Å². The van der Waals surface area contributed by atoms with Crippen LogP contribution in [0.3, 0.4) is 0 Å². The van der Waals surface area contributed by atoms with Crippen LogP contribution in [-0.2, 0) is 6.54 Å². The molecule has 1 saturated heterocycles. The maximum Gasteiger partial charge on any atom is 0.137 e. The van der Waals surface area contributed by atoms with Crippen molar-refractivity contribution in [2.75, 3.05) is 31.1 Å². The van der Waals surface area contributed by atoms with Gasteiger partial charge >= 0.3 is 0 Å². The molecule has 5 aromatic rings. The topological polar surface area (TPSA) is 50.1 Å². The highest BCUT2D eigenvalue weighted by atomic mass is 35.5. The molecule has 0 spiro atoms. The molecule has 3 aromatic carbocycles. The minimum absolute atomic E-state index is 0.665. The van der Waals surface area contributed by atoms with E-state index in [4.69, 9.17) is 16.6 Å². The van der Waals surface area contributed by atoms with Gasteiger partial charge in [0.2, 0.25) is 0 Å². The molecular weight excluding hydrogens is 432 g/mol. The predicted octanol–water partition coefficient (Wildman–Crippen LogP) is 4.94. The van der Waals surface area contributed by atoms with Gasteiger partial charge in [-0.1, -0.05) is 71.4 Å². The van der Waals surface area contributed by atoms with Crippen molar-refractivity contribution in [3.05, 3.63) is 89.7 Å². The third-order valence-electron chi connectivity index (χ3n) is 6.29. The zero-order valence-corrected chi connectivity index (χ0v) is 18.9. The predicted molar refractivity (Wildman–Crippen MR) is 133 cm³/mol. The van der Waals surface area contributed by atoms with Crippen LogP contribution in [0, 0.1) is 0 Å². The van der Waals surface area contributed by atoms with Gasteiger partial charge in [-0.05, 0) is 23.6 Å². The first-order chi connectivity index (χ1) is 16.3. The lowest BCUT2D eigenvalue weighted by atomic mass is 10.1. The molecule has 2 aromatic heterocycles. The van der Waals surface area contributed by atoms with Crippen molar-refractivity contribution in [1.29, 1.82) is 0 Å². The number of hydrogen-bond donors (Lipinski definition) is 0. The Morgan fingerprint density at radius 2 is 1.45 bits per heavy atom. The van der Waals surface area contributed by atoms with Crippen molar-refractivity contribution in [3.63, 3.8) is 0 Å². The van der Waals surface area contributed by atoms with E-state index >= 15 is 0 Å². The van der Waals surface area contributed by atoms with E-state index in [9.17, 15) is 0 Å². The Balaban J connectivity index is 1.19. The molecule has 3 heterocycles. The highest BCUT2D eigenvalue weighted by Gasteiger charge is 2.21. The summed E-state index contributed by atoms with van der Waals surface area (Å²) < 4.78 is 1.75. The summed E-state index contributed by atoms with van der Waals surface area (Å²) in [6.45, 7) is 4.51. The van der Waals surface area contributed by atoms with Crippen LogP contribution in [0.25, 0.3) is 27.4 Å². The number of nitrogens with zero attached hydrogens (tertiary/aromatic N) is 6. The van der Waals surface area contributed by atoms with Crippen LogP contribution in [0.4, 0.5) is 5.82 Å². The minimum Gasteiger partial charge on any atom is -0.354 e. The third kappa shape index (κ3) is 3.81. The van der Waals surface area contributed by atoms with Gasteiger partial charge in [0.1, 0.15) is 5.82 Å². The van der Waals surface area contributed by atoms with Gasteiger partial charge in [0.05, 0.1) is 28.1 Å². The Labute approximate surface area is 197 Å². The molecule has 33 heavy (non-hydrogen) atoms. The standard InChI is InChI=1S/C26H23ClN6/c27-23-10-4-6-12-25(23)33-18-19(29-30-33)17-31-13-15-32(16-14-31)26-22-9-2-1-7-20(22)21-8-3-5-11-24(21)28-26/h1-12,18H,13-17H2. The second-order valence-electron chi connectivity index (χ2n) is 8.37. The van der Waals surface area contributed by atoms with Crippen LogP contribution in [0.5, 0.6) is 0 Å². The van der Waals surface area contributed by atoms with E-state index in [1.165, 1.54) is 16.2 Å². The highest BCUT2D eigenvalue weighted by Crippen LogP contribution is 2.31. The van der Waals surface area contributed by atoms with Crippen LogP contribution < -0.4 is 4.90 Å². The molecule has 0 aliphatic carbocycles. The molecule has 6 nitrogen and oxygen atoms in total. The number of para-hydroxylation sites is 2. The number of pyridine rings is 1. The monoisotopic (exact) mass is 454 g/mol. The van der Waals surface area contributed by atoms with Crippen LogP contribution >= 0.6 is 11.6 Å². The fourth-order valence-corrected chi connectivity index (χ4v) is 4.82. The van der Waals surface area contributed by atoms with Crippen molar-refractivity contribution in [2.45, 2.75) is 6.54 Å². The molecule has 1 aliphatic heterocycles. The molecule has 1 aliphatic rings. The fourth-order valence-electron chi connectivity index (χ4n) is 4.60. The lowest BCUT2D eigenvalue weighted by Gasteiger charge is -2.35. The number of benzene rings is 3. The van der Waals surface area contributed by atoms with E-state index < -0.39 is 0 Å². The second kappa shape index (κ2) is 8.46. The van der Waals surface area contributed by atoms with Gasteiger partial charge in [-0.3, -0.25) is 4.90 Å². The van der Waals surface area contributed by atoms with Gasteiger partial charge in [-0.15, -0.1) is 5.10 Å². The molecular formula is C26H23ClN6. The van der Waals surface area contributed by atoms with E-state index in [0.717, 1.165) is 55.4 Å². The van der Waals surface area contributed by atoms with Gasteiger partial charge in [0.25, 0.3) is 0 Å². The maximum atomic E-state index is 6.30. The van der Waals surface area contributed by atoms with Gasteiger partial charge in [0, 0.05) is 43.5 Å². The number of aromatic nitrogens is 4. The zero-order valence-electron chi connectivity index (χ0n) is 18.1. The normalized spacial score (nSPS) is 14.9.